The summed E-state index contributed by atoms with van der Waals surface area (Å²) in [5.41, 5.74) is 12.7. The zero-order chi connectivity index (χ0) is 61.8. The zero-order valence-corrected chi connectivity index (χ0v) is 54.8. The molecule has 0 unspecified atom stereocenters. The Bertz CT molecular complexity index is 3940. The monoisotopic (exact) mass is 1300 g/mol. The summed E-state index contributed by atoms with van der Waals surface area (Å²) >= 11 is 33.9. The van der Waals surface area contributed by atoms with Crippen molar-refractivity contribution in [3.63, 3.8) is 0 Å². The predicted octanol–water partition coefficient (Wildman–Crippen LogP) is 9.04. The van der Waals surface area contributed by atoms with Gasteiger partial charge >= 0.3 is 29.6 Å². The van der Waals surface area contributed by atoms with Crippen LogP contribution in [0.1, 0.15) is 31.1 Å². The van der Waals surface area contributed by atoms with Crippen molar-refractivity contribution in [2.24, 2.45) is 11.7 Å². The first-order valence-electron chi connectivity index (χ1n) is 25.0. The first-order valence-corrected chi connectivity index (χ1v) is 28.9. The van der Waals surface area contributed by atoms with E-state index in [1.54, 1.807) is 93.0 Å². The summed E-state index contributed by atoms with van der Waals surface area (Å²) in [6.45, 7) is 0. The maximum absolute atomic E-state index is 12.3. The molecule has 2 amide bonds. The fraction of sp³-hybridized carbons (Fsp3) is 0.102. The van der Waals surface area contributed by atoms with Crippen molar-refractivity contribution in [1.82, 2.24) is 56.1 Å². The van der Waals surface area contributed by atoms with Gasteiger partial charge in [0.2, 0.25) is 15.9 Å². The van der Waals surface area contributed by atoms with E-state index in [2.05, 4.69) is 74.6 Å². The number of para-hydroxylation sites is 4. The van der Waals surface area contributed by atoms with Crippen molar-refractivity contribution in [1.29, 1.82) is 0 Å². The van der Waals surface area contributed by atoms with E-state index in [1.165, 1.54) is 16.8 Å². The number of hydrogen-bond donors (Lipinski definition) is 5. The van der Waals surface area contributed by atoms with Gasteiger partial charge < -0.3 is 12.6 Å². The number of fused-ring (bicyclic) bond motifs is 4. The third kappa shape index (κ3) is 21.7. The van der Waals surface area contributed by atoms with E-state index in [9.17, 15) is 14.4 Å². The Morgan fingerprint density at radius 1 is 0.453 bits per heavy atom. The van der Waals surface area contributed by atoms with Crippen molar-refractivity contribution in [2.45, 2.75) is 5.16 Å². The number of anilines is 3. The summed E-state index contributed by atoms with van der Waals surface area (Å²) in [4.78, 5) is 68.3. The Labute approximate surface area is 554 Å². The SMILES string of the molecule is CN(N)c1nc(Cl)nc2ccccc12.CN(NC(=O)c1ccccc1)c1nc(Cl)nc2ccccc12.CNN.CSc1nc(N(C)NC(=O)c2ccccc2)c2ccccc2n1.C[S-].Clc1nc(Cl)c2ccccc2n1.O=C(Cl)c1ccccc1.[Na+]. The van der Waals surface area contributed by atoms with Crippen LogP contribution in [0.3, 0.4) is 0 Å². The van der Waals surface area contributed by atoms with E-state index < -0.39 is 5.24 Å². The van der Waals surface area contributed by atoms with Gasteiger partial charge in [0.05, 0.1) is 22.1 Å². The number of aromatic nitrogens is 8. The van der Waals surface area contributed by atoms with Crippen LogP contribution < -0.4 is 72.5 Å². The number of benzene rings is 7. The van der Waals surface area contributed by atoms with Crippen LogP contribution in [0.4, 0.5) is 17.5 Å². The fourth-order valence-electron chi connectivity index (χ4n) is 7.27. The van der Waals surface area contributed by atoms with Gasteiger partial charge in [0.15, 0.2) is 22.6 Å². The number of nitrogens with two attached hydrogens (primary N) is 2. The van der Waals surface area contributed by atoms with Crippen molar-refractivity contribution in [2.75, 3.05) is 55.7 Å². The molecule has 4 aromatic heterocycles. The molecule has 0 bridgehead atoms. The molecule has 0 aliphatic heterocycles. The molecule has 0 radical (unpaired) electrons. The number of hydrazine groups is 4. The third-order valence-corrected chi connectivity index (χ3v) is 12.5. The van der Waals surface area contributed by atoms with E-state index in [4.69, 9.17) is 63.8 Å². The van der Waals surface area contributed by atoms with Gasteiger partial charge in [-0.25, -0.2) is 35.7 Å². The van der Waals surface area contributed by atoms with Crippen LogP contribution in [-0.4, -0.2) is 97.6 Å². The second-order valence-electron chi connectivity index (χ2n) is 16.8. The van der Waals surface area contributed by atoms with Crippen LogP contribution in [-0.2, 0) is 12.6 Å². The molecule has 11 rings (SSSR count). The molecule has 0 saturated carbocycles. The second-order valence-corrected chi connectivity index (χ2v) is 19.3. The number of nitrogens with one attached hydrogen (secondary N) is 3. The Hall–Kier alpha value is -7.06. The summed E-state index contributed by atoms with van der Waals surface area (Å²) < 4.78 is 0. The molecule has 0 saturated heterocycles. The number of halogens is 5. The number of nitrogens with zero attached hydrogens (tertiary/aromatic N) is 11. The number of amides is 2. The molecule has 7 N–H and O–H groups in total. The number of carbonyl (C=O) groups is 3. The largest absolute Gasteiger partial charge is 1.00 e. The first-order chi connectivity index (χ1) is 41.0. The molecular formula is C59H56Cl5N16NaO3S2. The van der Waals surface area contributed by atoms with Crippen molar-refractivity contribution >= 4 is 161 Å². The minimum atomic E-state index is -0.407. The molecule has 86 heavy (non-hydrogen) atoms. The van der Waals surface area contributed by atoms with E-state index in [0.717, 1.165) is 43.6 Å². The topological polar surface area (TPSA) is 252 Å². The van der Waals surface area contributed by atoms with Crippen LogP contribution in [0.25, 0.3) is 43.6 Å². The van der Waals surface area contributed by atoms with Gasteiger partial charge in [0, 0.05) is 59.4 Å². The number of rotatable bonds is 9. The summed E-state index contributed by atoms with van der Waals surface area (Å²) in [5.74, 6) is 11.7. The maximum Gasteiger partial charge on any atom is 1.00 e. The average molecular weight is 1300 g/mol. The van der Waals surface area contributed by atoms with Crippen LogP contribution in [0, 0.1) is 0 Å². The molecule has 0 aliphatic carbocycles. The van der Waals surface area contributed by atoms with Crippen LogP contribution >= 0.6 is 69.8 Å². The molecule has 0 fully saturated rings. The second kappa shape index (κ2) is 37.5. The zero-order valence-electron chi connectivity index (χ0n) is 47.4. The number of carbonyl (C=O) groups excluding carboxylic acids is 3. The predicted molar refractivity (Wildman–Crippen MR) is 350 cm³/mol. The van der Waals surface area contributed by atoms with Crippen LogP contribution in [0.2, 0.25) is 21.0 Å². The van der Waals surface area contributed by atoms with E-state index in [0.29, 0.717) is 44.5 Å². The minimum absolute atomic E-state index is 0. The molecule has 0 spiro atoms. The van der Waals surface area contributed by atoms with Gasteiger partial charge in [-0.1, -0.05) is 139 Å². The smallest absolute Gasteiger partial charge is 0.796 e. The molecule has 0 aliphatic rings. The van der Waals surface area contributed by atoms with Crippen molar-refractivity contribution in [3.8, 4) is 0 Å². The van der Waals surface area contributed by atoms with Gasteiger partial charge in [0.25, 0.3) is 17.1 Å². The van der Waals surface area contributed by atoms with Gasteiger partial charge in [-0.2, -0.15) is 16.2 Å². The van der Waals surface area contributed by atoms with Gasteiger partial charge in [0.1, 0.15) is 5.15 Å². The molecule has 0 atom stereocenters. The minimum Gasteiger partial charge on any atom is -0.796 e. The van der Waals surface area contributed by atoms with Crippen molar-refractivity contribution in [3.05, 3.63) is 226 Å². The fourth-order valence-corrected chi connectivity index (χ4v) is 8.57. The molecule has 438 valence electrons. The maximum atomic E-state index is 12.3. The van der Waals surface area contributed by atoms with Gasteiger partial charge in [-0.05, 0) is 133 Å². The van der Waals surface area contributed by atoms with E-state index in [-0.39, 0.29) is 57.2 Å². The van der Waals surface area contributed by atoms with Crippen LogP contribution in [0.5, 0.6) is 0 Å². The summed E-state index contributed by atoms with van der Waals surface area (Å²) in [7, 11) is 6.86. The summed E-state index contributed by atoms with van der Waals surface area (Å²) in [6, 6.07) is 57.1. The molecule has 19 nitrogen and oxygen atoms in total. The molecular weight excluding hydrogens is 1250 g/mol. The van der Waals surface area contributed by atoms with E-state index >= 15 is 0 Å². The Kier molecular flexibility index (Phi) is 31.1. The summed E-state index contributed by atoms with van der Waals surface area (Å²) in [5, 5.41) is 9.19. The molecule has 4 heterocycles. The third-order valence-electron chi connectivity index (χ3n) is 11.0. The quantitative estimate of drug-likeness (QED) is 0.0132. The van der Waals surface area contributed by atoms with E-state index in [1.807, 2.05) is 146 Å². The van der Waals surface area contributed by atoms with Gasteiger partial charge in [-0.15, -0.1) is 0 Å². The number of thioether (sulfide) groups is 1. The van der Waals surface area contributed by atoms with Crippen molar-refractivity contribution < 1.29 is 43.9 Å². The standard InChI is InChI=1S/C17H16N4OS.C16H13ClN4O.C9H9ClN4.C8H4Cl2N2.C7H5ClO.CH6N2.CH4S.Na/c1-21(20-16(22)12-8-4-3-5-9-12)15-13-10-6-7-11-14(13)18-17(19-15)23-2;1-21(20-15(22)11-7-3-2-4-8-11)14-12-9-5-6-10-13(12)18-16(17)19-14;1-14(11)8-6-4-2-3-5-7(6)12-9(10)13-8;9-7-5-3-1-2-4-6(5)11-8(10)12-7;8-7(9)6-4-2-1-3-5-6;1-3-2;1-2;/h3-11H,1-2H3,(H,20,22);2-10H,1H3,(H,20,22);2-5H,11H2,1H3;1-4H;1-5H;3H,2H2,1H3;2H,1H3;/q;;;;;;;+1/p-1. The Balaban J connectivity index is 0.000000233. The normalized spacial score (nSPS) is 9.88. The average Bonchev–Trinajstić information content (AvgIpc) is 3.63. The van der Waals surface area contributed by atoms with Crippen LogP contribution in [0.15, 0.2) is 193 Å². The number of hydrogen-bond acceptors (Lipinski definition) is 19. The molecule has 27 heteroatoms. The van der Waals surface area contributed by atoms with Gasteiger partial charge in [-0.3, -0.25) is 51.5 Å². The Morgan fingerprint density at radius 3 is 1.13 bits per heavy atom. The molecule has 7 aromatic carbocycles. The molecule has 11 aromatic rings. The Morgan fingerprint density at radius 2 is 0.756 bits per heavy atom. The first kappa shape index (κ1) is 71.4. The summed E-state index contributed by atoms with van der Waals surface area (Å²) in [6.07, 6.45) is 3.51.